The van der Waals surface area contributed by atoms with Crippen LogP contribution in [0.1, 0.15) is 68.2 Å². The third kappa shape index (κ3) is 6.44. The van der Waals surface area contributed by atoms with Crippen molar-refractivity contribution in [3.05, 3.63) is 12.4 Å². The van der Waals surface area contributed by atoms with Gasteiger partial charge in [-0.15, -0.1) is 0 Å². The molecular weight excluding hydrogens is 449 g/mol. The summed E-state index contributed by atoms with van der Waals surface area (Å²) in [5.74, 6) is 0.509. The predicted octanol–water partition coefficient (Wildman–Crippen LogP) is 2.12. The molecule has 0 radical (unpaired) electrons. The summed E-state index contributed by atoms with van der Waals surface area (Å²) in [6, 6.07) is -0.593. The summed E-state index contributed by atoms with van der Waals surface area (Å²) < 4.78 is 17.4. The number of carbonyl (C=O) groups excluding carboxylic acids is 2. The molecule has 11 heteroatoms. The predicted molar refractivity (Wildman–Crippen MR) is 135 cm³/mol. The molecule has 2 fully saturated rings. The fourth-order valence-corrected chi connectivity index (χ4v) is 4.08. The zero-order valence-corrected chi connectivity index (χ0v) is 22.5. The molecule has 1 atom stereocenters. The van der Waals surface area contributed by atoms with E-state index in [1.54, 1.807) is 52.0 Å². The molecule has 35 heavy (non-hydrogen) atoms. The van der Waals surface area contributed by atoms with Crippen molar-refractivity contribution in [1.82, 2.24) is 20.2 Å². The first-order valence-electron chi connectivity index (χ1n) is 12.3. The van der Waals surface area contributed by atoms with Gasteiger partial charge in [0.15, 0.2) is 0 Å². The number of nitrogens with one attached hydrogen (secondary N) is 1. The zero-order chi connectivity index (χ0) is 26.2. The Balaban J connectivity index is 1.51. The van der Waals surface area contributed by atoms with E-state index in [0.29, 0.717) is 5.95 Å². The minimum Gasteiger partial charge on any atom is -0.444 e. The van der Waals surface area contributed by atoms with Gasteiger partial charge in [-0.3, -0.25) is 4.79 Å². The van der Waals surface area contributed by atoms with Crippen LogP contribution in [0.5, 0.6) is 0 Å². The lowest BCUT2D eigenvalue weighted by Gasteiger charge is -2.37. The third-order valence-corrected chi connectivity index (χ3v) is 6.93. The Labute approximate surface area is 209 Å². The van der Waals surface area contributed by atoms with E-state index in [-0.39, 0.29) is 11.9 Å². The number of piperidine rings is 1. The SMILES string of the molecule is C[C@H](NC(=O)OC(C)(C)C)C(=O)N(C)C1CCN(c2ncc(B3OC(C)(C)C(C)(C)O3)cn2)CC1. The number of likely N-dealkylation sites (N-methyl/N-ethyl adjacent to an activating group) is 1. The van der Waals surface area contributed by atoms with Crippen molar-refractivity contribution in [2.75, 3.05) is 25.0 Å². The number of hydrogen-bond acceptors (Lipinski definition) is 8. The lowest BCUT2D eigenvalue weighted by atomic mass is 9.81. The minimum atomic E-state index is -0.668. The minimum absolute atomic E-state index is 0.0747. The number of ether oxygens (including phenoxy) is 1. The van der Waals surface area contributed by atoms with Crippen LogP contribution in [-0.2, 0) is 18.8 Å². The van der Waals surface area contributed by atoms with Crippen LogP contribution < -0.4 is 15.7 Å². The number of hydrogen-bond donors (Lipinski definition) is 1. The number of alkyl carbamates (subject to hydrolysis) is 1. The summed E-state index contributed by atoms with van der Waals surface area (Å²) in [7, 11) is 1.29. The summed E-state index contributed by atoms with van der Waals surface area (Å²) in [5.41, 5.74) is -0.654. The van der Waals surface area contributed by atoms with Crippen LogP contribution >= 0.6 is 0 Å². The Morgan fingerprint density at radius 3 is 2.14 bits per heavy atom. The fourth-order valence-electron chi connectivity index (χ4n) is 4.08. The summed E-state index contributed by atoms with van der Waals surface area (Å²) in [6.07, 6.45) is 4.49. The summed E-state index contributed by atoms with van der Waals surface area (Å²) in [4.78, 5) is 37.8. The molecule has 10 nitrogen and oxygen atoms in total. The third-order valence-electron chi connectivity index (χ3n) is 6.93. The Hall–Kier alpha value is -2.40. The van der Waals surface area contributed by atoms with Gasteiger partial charge in [-0.1, -0.05) is 0 Å². The lowest BCUT2D eigenvalue weighted by Crippen LogP contribution is -2.52. The number of rotatable bonds is 5. The van der Waals surface area contributed by atoms with Crippen LogP contribution in [0.4, 0.5) is 10.7 Å². The maximum atomic E-state index is 12.8. The highest BCUT2D eigenvalue weighted by atomic mass is 16.7. The standard InChI is InChI=1S/C24H40BN5O5/c1-16(28-21(32)33-22(2,3)4)19(31)29(9)18-10-12-30(13-11-18)20-26-14-17(15-27-20)25-34-23(5,6)24(7,8)35-25/h14-16,18H,10-13H2,1-9H3,(H,28,32)/t16-/m0/s1. The van der Waals surface area contributed by atoms with Gasteiger partial charge < -0.3 is 29.2 Å². The van der Waals surface area contributed by atoms with Gasteiger partial charge in [0.2, 0.25) is 11.9 Å². The van der Waals surface area contributed by atoms with E-state index >= 15 is 0 Å². The van der Waals surface area contributed by atoms with Gasteiger partial charge >= 0.3 is 13.2 Å². The molecule has 0 aromatic carbocycles. The molecule has 3 rings (SSSR count). The molecule has 2 amide bonds. The van der Waals surface area contributed by atoms with Crippen LogP contribution in [0.25, 0.3) is 0 Å². The normalized spacial score (nSPS) is 20.9. The van der Waals surface area contributed by atoms with Crippen LogP contribution in [0.2, 0.25) is 0 Å². The number of anilines is 1. The van der Waals surface area contributed by atoms with Crippen molar-refractivity contribution >= 4 is 30.5 Å². The van der Waals surface area contributed by atoms with Crippen LogP contribution in [-0.4, -0.2) is 83.0 Å². The quantitative estimate of drug-likeness (QED) is 0.627. The molecule has 1 N–H and O–H groups in total. The van der Waals surface area contributed by atoms with Gasteiger partial charge in [-0.2, -0.15) is 0 Å². The Kier molecular flexibility index (Phi) is 7.71. The average molecular weight is 489 g/mol. The fraction of sp³-hybridized carbons (Fsp3) is 0.750. The van der Waals surface area contributed by atoms with E-state index in [0.717, 1.165) is 31.4 Å². The first-order chi connectivity index (χ1) is 16.1. The van der Waals surface area contributed by atoms with Gasteiger partial charge in [0.05, 0.1) is 11.2 Å². The van der Waals surface area contributed by atoms with Crippen molar-refractivity contribution in [3.63, 3.8) is 0 Å². The highest BCUT2D eigenvalue weighted by Gasteiger charge is 2.52. The molecule has 0 bridgehead atoms. The van der Waals surface area contributed by atoms with Crippen molar-refractivity contribution in [2.24, 2.45) is 0 Å². The van der Waals surface area contributed by atoms with Gasteiger partial charge in [0.25, 0.3) is 0 Å². The van der Waals surface area contributed by atoms with Crippen molar-refractivity contribution in [1.29, 1.82) is 0 Å². The molecule has 0 saturated carbocycles. The summed E-state index contributed by atoms with van der Waals surface area (Å²) >= 11 is 0. The molecular formula is C24H40BN5O5. The van der Waals surface area contributed by atoms with Crippen LogP contribution in [0.15, 0.2) is 12.4 Å². The van der Waals surface area contributed by atoms with Crippen LogP contribution in [0, 0.1) is 0 Å². The second kappa shape index (κ2) is 9.93. The zero-order valence-electron chi connectivity index (χ0n) is 22.5. The largest absolute Gasteiger partial charge is 0.498 e. The molecule has 2 saturated heterocycles. The first-order valence-corrected chi connectivity index (χ1v) is 12.3. The second-order valence-corrected chi connectivity index (χ2v) is 11.4. The highest BCUT2D eigenvalue weighted by molar-refractivity contribution is 6.61. The monoisotopic (exact) mass is 489 g/mol. The topological polar surface area (TPSA) is 106 Å². The molecule has 1 aromatic heterocycles. The molecule has 2 aliphatic heterocycles. The van der Waals surface area contributed by atoms with E-state index in [4.69, 9.17) is 14.0 Å². The number of carbonyl (C=O) groups is 2. The van der Waals surface area contributed by atoms with Crippen LogP contribution in [0.3, 0.4) is 0 Å². The Morgan fingerprint density at radius 2 is 1.66 bits per heavy atom. The van der Waals surface area contributed by atoms with Gasteiger partial charge in [0.1, 0.15) is 11.6 Å². The first kappa shape index (κ1) is 27.2. The van der Waals surface area contributed by atoms with E-state index in [9.17, 15) is 9.59 Å². The van der Waals surface area contributed by atoms with Crippen molar-refractivity contribution < 1.29 is 23.6 Å². The van der Waals surface area contributed by atoms with Gasteiger partial charge in [0, 0.05) is 44.0 Å². The molecule has 194 valence electrons. The second-order valence-electron chi connectivity index (χ2n) is 11.4. The van der Waals surface area contributed by atoms with Gasteiger partial charge in [-0.25, -0.2) is 14.8 Å². The van der Waals surface area contributed by atoms with E-state index in [1.165, 1.54) is 0 Å². The lowest BCUT2D eigenvalue weighted by molar-refractivity contribution is -0.134. The average Bonchev–Trinajstić information content (AvgIpc) is 2.98. The van der Waals surface area contributed by atoms with E-state index < -0.39 is 36.1 Å². The molecule has 0 aliphatic carbocycles. The number of aromatic nitrogens is 2. The van der Waals surface area contributed by atoms with E-state index in [1.807, 2.05) is 27.7 Å². The number of amides is 2. The van der Waals surface area contributed by atoms with Crippen molar-refractivity contribution in [3.8, 4) is 0 Å². The van der Waals surface area contributed by atoms with Gasteiger partial charge in [-0.05, 0) is 68.2 Å². The van der Waals surface area contributed by atoms with E-state index in [2.05, 4.69) is 20.2 Å². The number of nitrogens with zero attached hydrogens (tertiary/aromatic N) is 4. The molecule has 1 aromatic rings. The maximum absolute atomic E-state index is 12.8. The summed E-state index contributed by atoms with van der Waals surface area (Å²) in [5, 5.41) is 2.63. The maximum Gasteiger partial charge on any atom is 0.498 e. The molecule has 0 unspecified atom stereocenters. The Morgan fingerprint density at radius 1 is 1.14 bits per heavy atom. The molecule has 3 heterocycles. The molecule has 2 aliphatic rings. The molecule has 0 spiro atoms. The highest BCUT2D eigenvalue weighted by Crippen LogP contribution is 2.36. The summed E-state index contributed by atoms with van der Waals surface area (Å²) in [6.45, 7) is 16.6. The van der Waals surface area contributed by atoms with Crippen molar-refractivity contribution in [2.45, 2.75) is 97.1 Å². The smallest absolute Gasteiger partial charge is 0.444 e. The Bertz CT molecular complexity index is 894.